The molecule has 0 aliphatic heterocycles. The molecular weight excluding hydrogens is 308 g/mol. The molecule has 0 fully saturated rings. The summed E-state index contributed by atoms with van der Waals surface area (Å²) in [5, 5.41) is 3.54. The Bertz CT molecular complexity index is 359. The van der Waals surface area contributed by atoms with E-state index in [0.717, 1.165) is 6.42 Å². The van der Waals surface area contributed by atoms with E-state index in [1.54, 1.807) is 0 Å². The molecule has 0 saturated carbocycles. The molecule has 0 heterocycles. The van der Waals surface area contributed by atoms with Crippen molar-refractivity contribution in [1.29, 1.82) is 0 Å². The Balaban J connectivity index is 2.64. The van der Waals surface area contributed by atoms with Gasteiger partial charge in [-0.15, -0.1) is 0 Å². The Kier molecular flexibility index (Phi) is 7.12. The zero-order valence-electron chi connectivity index (χ0n) is 11.4. The first-order chi connectivity index (χ1) is 8.58. The number of rotatable bonds is 7. The van der Waals surface area contributed by atoms with E-state index >= 15 is 0 Å². The van der Waals surface area contributed by atoms with Crippen molar-refractivity contribution in [3.05, 3.63) is 27.7 Å². The molecule has 0 bridgehead atoms. The van der Waals surface area contributed by atoms with Crippen molar-refractivity contribution in [2.75, 3.05) is 23.9 Å². The van der Waals surface area contributed by atoms with Gasteiger partial charge in [-0.3, -0.25) is 0 Å². The van der Waals surface area contributed by atoms with Gasteiger partial charge in [0, 0.05) is 22.7 Å². The summed E-state index contributed by atoms with van der Waals surface area (Å²) < 4.78 is 1.19. The lowest BCUT2D eigenvalue weighted by Gasteiger charge is -2.19. The molecular formula is C14H23BrN2S. The van der Waals surface area contributed by atoms with Gasteiger partial charge in [-0.05, 0) is 62.0 Å². The highest BCUT2D eigenvalue weighted by Gasteiger charge is 2.08. The molecule has 1 aromatic carbocycles. The van der Waals surface area contributed by atoms with Crippen LogP contribution in [0.25, 0.3) is 0 Å². The Morgan fingerprint density at radius 1 is 1.33 bits per heavy atom. The number of hydrogen-bond donors (Lipinski definition) is 2. The molecule has 1 unspecified atom stereocenters. The topological polar surface area (TPSA) is 38.0 Å². The van der Waals surface area contributed by atoms with E-state index in [-0.39, 0.29) is 0 Å². The van der Waals surface area contributed by atoms with Crippen LogP contribution in [0.3, 0.4) is 0 Å². The maximum Gasteiger partial charge on any atom is 0.0384 e. The van der Waals surface area contributed by atoms with Crippen LogP contribution in [0.4, 0.5) is 5.69 Å². The van der Waals surface area contributed by atoms with Crippen LogP contribution in [0.1, 0.15) is 24.0 Å². The molecule has 1 aromatic rings. The molecule has 4 heteroatoms. The van der Waals surface area contributed by atoms with Gasteiger partial charge in [0.2, 0.25) is 0 Å². The lowest BCUT2D eigenvalue weighted by molar-refractivity contribution is 0.652. The maximum atomic E-state index is 5.83. The first-order valence-corrected chi connectivity index (χ1v) is 8.49. The Hall–Kier alpha value is -0.190. The molecule has 0 aliphatic rings. The maximum absolute atomic E-state index is 5.83. The third kappa shape index (κ3) is 4.82. The highest BCUT2D eigenvalue weighted by Crippen LogP contribution is 2.25. The Morgan fingerprint density at radius 2 is 1.94 bits per heavy atom. The van der Waals surface area contributed by atoms with E-state index in [1.165, 1.54) is 33.5 Å². The average Bonchev–Trinajstić information content (AvgIpc) is 2.34. The van der Waals surface area contributed by atoms with Gasteiger partial charge >= 0.3 is 0 Å². The van der Waals surface area contributed by atoms with Gasteiger partial charge < -0.3 is 11.1 Å². The summed E-state index contributed by atoms with van der Waals surface area (Å²) in [6.07, 6.45) is 4.49. The molecule has 18 heavy (non-hydrogen) atoms. The quantitative estimate of drug-likeness (QED) is 0.743. The molecule has 2 nitrogen and oxygen atoms in total. The molecule has 0 spiro atoms. The third-order valence-corrected chi connectivity index (χ3v) is 4.94. The summed E-state index contributed by atoms with van der Waals surface area (Å²) in [6.45, 7) is 4.92. The molecule has 0 saturated heterocycles. The third-order valence-electron chi connectivity index (χ3n) is 2.99. The van der Waals surface area contributed by atoms with Crippen LogP contribution in [-0.4, -0.2) is 24.6 Å². The predicted octanol–water partition coefficient (Wildman–Crippen LogP) is 3.95. The van der Waals surface area contributed by atoms with Crippen LogP contribution in [0.15, 0.2) is 16.6 Å². The van der Waals surface area contributed by atoms with Gasteiger partial charge in [0.05, 0.1) is 0 Å². The monoisotopic (exact) mass is 330 g/mol. The zero-order chi connectivity index (χ0) is 13.5. The van der Waals surface area contributed by atoms with Crippen molar-refractivity contribution in [1.82, 2.24) is 0 Å². The van der Waals surface area contributed by atoms with Crippen molar-refractivity contribution < 1.29 is 0 Å². The number of aryl methyl sites for hydroxylation is 2. The van der Waals surface area contributed by atoms with Crippen molar-refractivity contribution in [3.8, 4) is 0 Å². The van der Waals surface area contributed by atoms with E-state index in [1.807, 2.05) is 11.8 Å². The summed E-state index contributed by atoms with van der Waals surface area (Å²) in [5.74, 6) is 1.20. The molecule has 0 radical (unpaired) electrons. The van der Waals surface area contributed by atoms with Crippen LogP contribution >= 0.6 is 27.7 Å². The lowest BCUT2D eigenvalue weighted by atomic mass is 10.1. The fraction of sp³-hybridized carbons (Fsp3) is 0.571. The second kappa shape index (κ2) is 8.08. The molecule has 1 rings (SSSR count). The molecule has 1 atom stereocenters. The molecule has 3 N–H and O–H groups in total. The number of halogens is 1. The Labute approximate surface area is 123 Å². The van der Waals surface area contributed by atoms with Crippen LogP contribution in [0, 0.1) is 13.8 Å². The van der Waals surface area contributed by atoms with Crippen molar-refractivity contribution in [2.24, 2.45) is 5.73 Å². The van der Waals surface area contributed by atoms with Gasteiger partial charge in [0.25, 0.3) is 0 Å². The SMILES string of the molecule is CSCCCC(CN)Nc1cc(C)c(Br)c(C)c1. The van der Waals surface area contributed by atoms with Crippen LogP contribution in [0.5, 0.6) is 0 Å². The minimum Gasteiger partial charge on any atom is -0.381 e. The Morgan fingerprint density at radius 3 is 2.44 bits per heavy atom. The summed E-state index contributed by atoms with van der Waals surface area (Å²) in [5.41, 5.74) is 9.53. The van der Waals surface area contributed by atoms with Gasteiger partial charge in [-0.1, -0.05) is 15.9 Å². The summed E-state index contributed by atoms with van der Waals surface area (Å²) in [6, 6.07) is 4.72. The van der Waals surface area contributed by atoms with E-state index in [4.69, 9.17) is 5.73 Å². The number of anilines is 1. The molecule has 102 valence electrons. The van der Waals surface area contributed by atoms with E-state index < -0.39 is 0 Å². The zero-order valence-corrected chi connectivity index (χ0v) is 13.8. The largest absolute Gasteiger partial charge is 0.381 e. The summed E-state index contributed by atoms with van der Waals surface area (Å²) >= 11 is 5.49. The molecule has 0 amide bonds. The first kappa shape index (κ1) is 15.9. The average molecular weight is 331 g/mol. The van der Waals surface area contributed by atoms with E-state index in [2.05, 4.69) is 53.5 Å². The van der Waals surface area contributed by atoms with Crippen LogP contribution in [0.2, 0.25) is 0 Å². The van der Waals surface area contributed by atoms with Gasteiger partial charge in [-0.25, -0.2) is 0 Å². The number of nitrogens with two attached hydrogens (primary N) is 1. The standard InChI is InChI=1S/C14H23BrN2S/c1-10-7-13(8-11(2)14(10)15)17-12(9-16)5-4-6-18-3/h7-8,12,17H,4-6,9,16H2,1-3H3. The highest BCUT2D eigenvalue weighted by atomic mass is 79.9. The van der Waals surface area contributed by atoms with Gasteiger partial charge in [-0.2, -0.15) is 11.8 Å². The van der Waals surface area contributed by atoms with Crippen molar-refractivity contribution >= 4 is 33.4 Å². The smallest absolute Gasteiger partial charge is 0.0384 e. The predicted molar refractivity (Wildman–Crippen MR) is 87.7 cm³/mol. The normalized spacial score (nSPS) is 12.5. The number of benzene rings is 1. The lowest BCUT2D eigenvalue weighted by Crippen LogP contribution is -2.29. The minimum absolute atomic E-state index is 0.372. The number of nitrogens with one attached hydrogen (secondary N) is 1. The van der Waals surface area contributed by atoms with E-state index in [9.17, 15) is 0 Å². The summed E-state index contributed by atoms with van der Waals surface area (Å²) in [7, 11) is 0. The van der Waals surface area contributed by atoms with Crippen molar-refractivity contribution in [3.63, 3.8) is 0 Å². The van der Waals surface area contributed by atoms with Gasteiger partial charge in [0.1, 0.15) is 0 Å². The van der Waals surface area contributed by atoms with Gasteiger partial charge in [0.15, 0.2) is 0 Å². The second-order valence-electron chi connectivity index (χ2n) is 4.64. The number of thioether (sulfide) groups is 1. The summed E-state index contributed by atoms with van der Waals surface area (Å²) in [4.78, 5) is 0. The first-order valence-electron chi connectivity index (χ1n) is 6.30. The number of hydrogen-bond acceptors (Lipinski definition) is 3. The fourth-order valence-corrected chi connectivity index (χ4v) is 2.67. The van der Waals surface area contributed by atoms with Crippen LogP contribution in [-0.2, 0) is 0 Å². The van der Waals surface area contributed by atoms with Crippen LogP contribution < -0.4 is 11.1 Å². The second-order valence-corrected chi connectivity index (χ2v) is 6.41. The highest BCUT2D eigenvalue weighted by molar-refractivity contribution is 9.10. The molecule has 0 aromatic heterocycles. The fourth-order valence-electron chi connectivity index (χ4n) is 1.99. The minimum atomic E-state index is 0.372. The molecule has 0 aliphatic carbocycles. The van der Waals surface area contributed by atoms with E-state index in [0.29, 0.717) is 12.6 Å². The van der Waals surface area contributed by atoms with Crippen molar-refractivity contribution in [2.45, 2.75) is 32.7 Å².